The molecule has 1 N–H and O–H groups in total. The lowest BCUT2D eigenvalue weighted by atomic mass is 9.93. The SMILES string of the molecule is CCCC(C#N)C(O)c1cc(Br)c2c(c1)OCCO2. The number of aliphatic hydroxyl groups is 1. The monoisotopic (exact) mass is 325 g/mol. The number of nitriles is 1. The summed E-state index contributed by atoms with van der Waals surface area (Å²) in [5.41, 5.74) is 0.677. The minimum absolute atomic E-state index is 0.403. The van der Waals surface area contributed by atoms with Gasteiger partial charge in [0.05, 0.1) is 22.6 Å². The average Bonchev–Trinajstić information content (AvgIpc) is 2.44. The zero-order valence-electron chi connectivity index (χ0n) is 10.7. The molecule has 4 nitrogen and oxygen atoms in total. The van der Waals surface area contributed by atoms with Gasteiger partial charge < -0.3 is 14.6 Å². The van der Waals surface area contributed by atoms with Crippen LogP contribution < -0.4 is 9.47 Å². The number of rotatable bonds is 4. The summed E-state index contributed by atoms with van der Waals surface area (Å²) in [6.45, 7) is 3.01. The van der Waals surface area contributed by atoms with E-state index < -0.39 is 12.0 Å². The molecule has 2 atom stereocenters. The van der Waals surface area contributed by atoms with E-state index in [1.54, 1.807) is 12.1 Å². The van der Waals surface area contributed by atoms with Crippen molar-refractivity contribution in [1.29, 1.82) is 5.26 Å². The van der Waals surface area contributed by atoms with Crippen molar-refractivity contribution in [2.24, 2.45) is 5.92 Å². The van der Waals surface area contributed by atoms with Gasteiger partial charge in [0.1, 0.15) is 13.2 Å². The Morgan fingerprint density at radius 1 is 1.42 bits per heavy atom. The number of hydrogen-bond donors (Lipinski definition) is 1. The maximum Gasteiger partial charge on any atom is 0.175 e. The van der Waals surface area contributed by atoms with Crippen LogP contribution in [0.1, 0.15) is 31.4 Å². The fourth-order valence-electron chi connectivity index (χ4n) is 2.14. The summed E-state index contributed by atoms with van der Waals surface area (Å²) in [4.78, 5) is 0. The Hall–Kier alpha value is -1.25. The molecule has 0 aromatic heterocycles. The molecule has 0 fully saturated rings. The molecule has 0 spiro atoms. The fraction of sp³-hybridized carbons (Fsp3) is 0.500. The molecule has 0 aliphatic carbocycles. The van der Waals surface area contributed by atoms with Gasteiger partial charge in [-0.15, -0.1) is 0 Å². The van der Waals surface area contributed by atoms with Crippen molar-refractivity contribution in [3.05, 3.63) is 22.2 Å². The van der Waals surface area contributed by atoms with E-state index in [1.165, 1.54) is 0 Å². The van der Waals surface area contributed by atoms with E-state index in [-0.39, 0.29) is 0 Å². The highest BCUT2D eigenvalue weighted by Gasteiger charge is 2.24. The molecule has 1 aromatic rings. The van der Waals surface area contributed by atoms with Gasteiger partial charge in [0.25, 0.3) is 0 Å². The average molecular weight is 326 g/mol. The lowest BCUT2D eigenvalue weighted by Gasteiger charge is -2.23. The van der Waals surface area contributed by atoms with Crippen molar-refractivity contribution in [1.82, 2.24) is 0 Å². The Morgan fingerprint density at radius 2 is 2.16 bits per heavy atom. The summed E-state index contributed by atoms with van der Waals surface area (Å²) in [5, 5.41) is 19.4. The van der Waals surface area contributed by atoms with Crippen molar-refractivity contribution in [2.45, 2.75) is 25.9 Å². The quantitative estimate of drug-likeness (QED) is 0.923. The number of fused-ring (bicyclic) bond motifs is 1. The zero-order valence-corrected chi connectivity index (χ0v) is 12.3. The van der Waals surface area contributed by atoms with Crippen LogP contribution in [0.15, 0.2) is 16.6 Å². The Balaban J connectivity index is 2.30. The van der Waals surface area contributed by atoms with Gasteiger partial charge in [-0.05, 0) is 40.0 Å². The maximum absolute atomic E-state index is 10.3. The second-order valence-electron chi connectivity index (χ2n) is 4.50. The van der Waals surface area contributed by atoms with Crippen molar-refractivity contribution >= 4 is 15.9 Å². The zero-order chi connectivity index (χ0) is 13.8. The molecule has 19 heavy (non-hydrogen) atoms. The van der Waals surface area contributed by atoms with E-state index >= 15 is 0 Å². The molecule has 1 heterocycles. The smallest absolute Gasteiger partial charge is 0.175 e. The molecule has 2 rings (SSSR count). The summed E-state index contributed by atoms with van der Waals surface area (Å²) in [7, 11) is 0. The van der Waals surface area contributed by atoms with Gasteiger partial charge in [0.15, 0.2) is 11.5 Å². The third-order valence-electron chi connectivity index (χ3n) is 3.11. The Labute approximate surface area is 121 Å². The van der Waals surface area contributed by atoms with E-state index in [9.17, 15) is 5.11 Å². The van der Waals surface area contributed by atoms with Crippen LogP contribution in [0.3, 0.4) is 0 Å². The second kappa shape index (κ2) is 6.27. The molecule has 0 saturated carbocycles. The molecular formula is C14H16BrNO3. The summed E-state index contributed by atoms with van der Waals surface area (Å²) in [6.07, 6.45) is 0.724. The Morgan fingerprint density at radius 3 is 2.84 bits per heavy atom. The van der Waals surface area contributed by atoms with Gasteiger partial charge in [0.2, 0.25) is 0 Å². The lowest BCUT2D eigenvalue weighted by Crippen LogP contribution is -2.17. The van der Waals surface area contributed by atoms with Crippen LogP contribution in [0.4, 0.5) is 0 Å². The summed E-state index contributed by atoms with van der Waals surface area (Å²) < 4.78 is 11.8. The van der Waals surface area contributed by atoms with Crippen LogP contribution in [0.5, 0.6) is 11.5 Å². The molecule has 2 unspecified atom stereocenters. The van der Waals surface area contributed by atoms with Crippen LogP contribution in [-0.4, -0.2) is 18.3 Å². The summed E-state index contributed by atoms with van der Waals surface area (Å²) >= 11 is 3.41. The van der Waals surface area contributed by atoms with Crippen LogP contribution in [0.25, 0.3) is 0 Å². The van der Waals surface area contributed by atoms with E-state index in [0.29, 0.717) is 36.7 Å². The first kappa shape index (κ1) is 14.2. The number of aliphatic hydroxyl groups excluding tert-OH is 1. The number of halogens is 1. The van der Waals surface area contributed by atoms with Crippen molar-refractivity contribution in [2.75, 3.05) is 13.2 Å². The molecule has 1 aliphatic heterocycles. The third kappa shape index (κ3) is 3.02. The molecular weight excluding hydrogens is 310 g/mol. The predicted octanol–water partition coefficient (Wildman–Crippen LogP) is 3.19. The standard InChI is InChI=1S/C14H16BrNO3/c1-2-3-9(8-16)13(17)10-6-11(15)14-12(7-10)18-4-5-19-14/h6-7,9,13,17H,2-5H2,1H3. The van der Waals surface area contributed by atoms with Gasteiger partial charge in [-0.25, -0.2) is 0 Å². The summed E-state index contributed by atoms with van der Waals surface area (Å²) in [5.74, 6) is 0.869. The molecule has 0 bridgehead atoms. The van der Waals surface area contributed by atoms with Crippen LogP contribution >= 0.6 is 15.9 Å². The van der Waals surface area contributed by atoms with E-state index in [1.807, 2.05) is 6.92 Å². The normalized spacial score (nSPS) is 16.5. The predicted molar refractivity (Wildman–Crippen MR) is 74.1 cm³/mol. The lowest BCUT2D eigenvalue weighted by molar-refractivity contribution is 0.127. The highest BCUT2D eigenvalue weighted by molar-refractivity contribution is 9.10. The highest BCUT2D eigenvalue weighted by atomic mass is 79.9. The molecule has 0 radical (unpaired) electrons. The number of ether oxygens (including phenoxy) is 2. The molecule has 5 heteroatoms. The second-order valence-corrected chi connectivity index (χ2v) is 5.35. The Bertz CT molecular complexity index is 498. The molecule has 0 saturated heterocycles. The van der Waals surface area contributed by atoms with E-state index in [2.05, 4.69) is 22.0 Å². The van der Waals surface area contributed by atoms with Crippen molar-refractivity contribution in [3.63, 3.8) is 0 Å². The van der Waals surface area contributed by atoms with Crippen LogP contribution in [0, 0.1) is 17.2 Å². The van der Waals surface area contributed by atoms with Gasteiger partial charge in [-0.3, -0.25) is 0 Å². The fourth-order valence-corrected chi connectivity index (χ4v) is 2.71. The molecule has 0 amide bonds. The van der Waals surface area contributed by atoms with Gasteiger partial charge in [-0.1, -0.05) is 13.3 Å². The van der Waals surface area contributed by atoms with E-state index in [4.69, 9.17) is 14.7 Å². The Kier molecular flexibility index (Phi) is 4.67. The molecule has 102 valence electrons. The minimum Gasteiger partial charge on any atom is -0.486 e. The highest BCUT2D eigenvalue weighted by Crippen LogP contribution is 2.41. The largest absolute Gasteiger partial charge is 0.486 e. The van der Waals surface area contributed by atoms with Crippen LogP contribution in [-0.2, 0) is 0 Å². The first-order valence-corrected chi connectivity index (χ1v) is 7.13. The van der Waals surface area contributed by atoms with Gasteiger partial charge in [0, 0.05) is 0 Å². The maximum atomic E-state index is 10.3. The van der Waals surface area contributed by atoms with Gasteiger partial charge in [-0.2, -0.15) is 5.26 Å². The van der Waals surface area contributed by atoms with Crippen LogP contribution in [0.2, 0.25) is 0 Å². The summed E-state index contributed by atoms with van der Waals surface area (Å²) in [6, 6.07) is 5.71. The molecule has 1 aliphatic rings. The number of nitrogens with zero attached hydrogens (tertiary/aromatic N) is 1. The third-order valence-corrected chi connectivity index (χ3v) is 3.70. The van der Waals surface area contributed by atoms with Crippen molar-refractivity contribution < 1.29 is 14.6 Å². The van der Waals surface area contributed by atoms with E-state index in [0.717, 1.165) is 10.9 Å². The van der Waals surface area contributed by atoms with Crippen molar-refractivity contribution in [3.8, 4) is 17.6 Å². The first-order chi connectivity index (χ1) is 9.17. The minimum atomic E-state index is -0.808. The molecule has 1 aromatic carbocycles. The van der Waals surface area contributed by atoms with Gasteiger partial charge >= 0.3 is 0 Å². The first-order valence-electron chi connectivity index (χ1n) is 6.34. The number of benzene rings is 1. The number of hydrogen-bond acceptors (Lipinski definition) is 4. The topological polar surface area (TPSA) is 62.5 Å².